The van der Waals surface area contributed by atoms with E-state index in [0.29, 0.717) is 0 Å². The quantitative estimate of drug-likeness (QED) is 0.440. The van der Waals surface area contributed by atoms with Crippen molar-refractivity contribution in [2.45, 2.75) is 0 Å². The molecule has 1 N–H and O–H groups in total. The highest BCUT2D eigenvalue weighted by Crippen LogP contribution is 1.75. The zero-order valence-corrected chi connectivity index (χ0v) is 4.92. The van der Waals surface area contributed by atoms with Crippen LogP contribution < -0.4 is 5.32 Å². The molecule has 1 radical (unpaired) electrons. The highest BCUT2D eigenvalue weighted by molar-refractivity contribution is 5.66. The van der Waals surface area contributed by atoms with Crippen LogP contribution >= 0.6 is 0 Å². The Bertz CT molecular complexity index is 102. The maximum atomic E-state index is 10.2. The fourth-order valence-corrected chi connectivity index (χ4v) is 0.245. The van der Waals surface area contributed by atoms with Crippen molar-refractivity contribution in [3.8, 4) is 0 Å². The second-order valence-electron chi connectivity index (χ2n) is 1.21. The molecule has 0 saturated carbocycles. The van der Waals surface area contributed by atoms with Gasteiger partial charge in [-0.1, -0.05) is 12.7 Å². The molecule has 0 aliphatic carbocycles. The summed E-state index contributed by atoms with van der Waals surface area (Å²) < 4.78 is 4.36. The summed E-state index contributed by atoms with van der Waals surface area (Å²) >= 11 is 0. The van der Waals surface area contributed by atoms with Gasteiger partial charge in [0.2, 0.25) is 0 Å². The molecular formula is C5H8NO3. The molecule has 0 heterocycles. The lowest BCUT2D eigenvalue weighted by Crippen LogP contribution is -2.24. The number of hydrogen-bond donors (Lipinski definition) is 1. The molecule has 0 aromatic rings. The van der Waals surface area contributed by atoms with Crippen molar-refractivity contribution in [2.24, 2.45) is 0 Å². The van der Waals surface area contributed by atoms with Gasteiger partial charge in [-0.2, -0.15) is 0 Å². The maximum absolute atomic E-state index is 10.2. The second-order valence-corrected chi connectivity index (χ2v) is 1.21. The van der Waals surface area contributed by atoms with E-state index in [2.05, 4.69) is 11.3 Å². The van der Waals surface area contributed by atoms with E-state index in [4.69, 9.17) is 0 Å². The van der Waals surface area contributed by atoms with E-state index in [9.17, 15) is 9.90 Å². The molecule has 0 rings (SSSR count). The third-order valence-corrected chi connectivity index (χ3v) is 0.549. The molecule has 4 nitrogen and oxygen atoms in total. The van der Waals surface area contributed by atoms with Crippen LogP contribution in [0.15, 0.2) is 12.7 Å². The molecule has 0 aromatic carbocycles. The average molecular weight is 130 g/mol. The minimum atomic E-state index is -0.704. The second kappa shape index (κ2) is 5.11. The summed E-state index contributed by atoms with van der Waals surface area (Å²) in [7, 11) is 0. The van der Waals surface area contributed by atoms with Gasteiger partial charge in [-0.05, 0) is 0 Å². The molecule has 0 atom stereocenters. The summed E-state index contributed by atoms with van der Waals surface area (Å²) in [5, 5.41) is 11.6. The number of nitrogens with one attached hydrogen (secondary N) is 1. The SMILES string of the molecule is C=CCOC(=O)NC[O]. The minimum absolute atomic E-state index is 0.131. The summed E-state index contributed by atoms with van der Waals surface area (Å²) in [5.41, 5.74) is 0. The van der Waals surface area contributed by atoms with Gasteiger partial charge in [-0.3, -0.25) is 5.32 Å². The first-order valence-electron chi connectivity index (χ1n) is 2.41. The van der Waals surface area contributed by atoms with E-state index in [1.54, 1.807) is 0 Å². The Balaban J connectivity index is 3.16. The van der Waals surface area contributed by atoms with E-state index in [0.717, 1.165) is 0 Å². The molecule has 4 heteroatoms. The summed E-state index contributed by atoms with van der Waals surface area (Å²) in [6.07, 6.45) is 0.717. The van der Waals surface area contributed by atoms with Crippen molar-refractivity contribution < 1.29 is 14.6 Å². The predicted molar refractivity (Wildman–Crippen MR) is 30.2 cm³/mol. The Labute approximate surface area is 53.1 Å². The normalized spacial score (nSPS) is 8.11. The molecule has 0 bridgehead atoms. The van der Waals surface area contributed by atoms with Crippen molar-refractivity contribution in [2.75, 3.05) is 13.3 Å². The number of hydrogen-bond acceptors (Lipinski definition) is 2. The van der Waals surface area contributed by atoms with Crippen molar-refractivity contribution in [1.29, 1.82) is 0 Å². The molecule has 0 fully saturated rings. The van der Waals surface area contributed by atoms with E-state index in [-0.39, 0.29) is 6.61 Å². The van der Waals surface area contributed by atoms with Crippen molar-refractivity contribution in [1.82, 2.24) is 5.32 Å². The smallest absolute Gasteiger partial charge is 0.409 e. The van der Waals surface area contributed by atoms with E-state index in [1.165, 1.54) is 6.08 Å². The first-order valence-corrected chi connectivity index (χ1v) is 2.41. The largest absolute Gasteiger partial charge is 0.445 e. The summed E-state index contributed by atoms with van der Waals surface area (Å²) in [6.45, 7) is 2.78. The molecule has 0 spiro atoms. The lowest BCUT2D eigenvalue weighted by molar-refractivity contribution is 0.124. The maximum Gasteiger partial charge on any atom is 0.409 e. The van der Waals surface area contributed by atoms with Crippen LogP contribution in [0.4, 0.5) is 4.79 Å². The topological polar surface area (TPSA) is 58.2 Å². The van der Waals surface area contributed by atoms with Gasteiger partial charge in [0.25, 0.3) is 0 Å². The Morgan fingerprint density at radius 3 is 2.89 bits per heavy atom. The number of ether oxygens (including phenoxy) is 1. The first kappa shape index (κ1) is 7.97. The van der Waals surface area contributed by atoms with Crippen LogP contribution in [-0.4, -0.2) is 19.4 Å². The fraction of sp³-hybridized carbons (Fsp3) is 0.400. The molecule has 9 heavy (non-hydrogen) atoms. The molecule has 0 aromatic heterocycles. The monoisotopic (exact) mass is 130 g/mol. The van der Waals surface area contributed by atoms with Gasteiger partial charge in [0.05, 0.1) is 0 Å². The van der Waals surface area contributed by atoms with Gasteiger partial charge >= 0.3 is 6.09 Å². The highest BCUT2D eigenvalue weighted by atomic mass is 16.5. The van der Waals surface area contributed by atoms with Crippen LogP contribution in [0.5, 0.6) is 0 Å². The van der Waals surface area contributed by atoms with Gasteiger partial charge in [-0.25, -0.2) is 9.90 Å². The molecule has 0 unspecified atom stereocenters. The van der Waals surface area contributed by atoms with Crippen molar-refractivity contribution in [3.63, 3.8) is 0 Å². The van der Waals surface area contributed by atoms with Gasteiger partial charge < -0.3 is 4.74 Å². The minimum Gasteiger partial charge on any atom is -0.445 e. The highest BCUT2D eigenvalue weighted by Gasteiger charge is 1.95. The van der Waals surface area contributed by atoms with Crippen LogP contribution in [0.2, 0.25) is 0 Å². The standard InChI is InChI=1S/C5H8NO3/c1-2-3-9-5(8)6-4-7/h2H,1,3-4H2,(H,6,8). The summed E-state index contributed by atoms with van der Waals surface area (Å²) in [5.74, 6) is 0. The molecule has 0 saturated heterocycles. The zero-order chi connectivity index (χ0) is 7.11. The lowest BCUT2D eigenvalue weighted by Gasteiger charge is -1.98. The van der Waals surface area contributed by atoms with Crippen LogP contribution in [0.25, 0.3) is 0 Å². The van der Waals surface area contributed by atoms with Crippen LogP contribution in [0.3, 0.4) is 0 Å². The van der Waals surface area contributed by atoms with Crippen LogP contribution in [-0.2, 0) is 9.84 Å². The fourth-order valence-electron chi connectivity index (χ4n) is 0.245. The zero-order valence-electron chi connectivity index (χ0n) is 4.92. The first-order chi connectivity index (χ1) is 4.31. The lowest BCUT2D eigenvalue weighted by atomic mass is 10.7. The number of rotatable bonds is 3. The Hall–Kier alpha value is -1.03. The number of alkyl carbamates (subject to hydrolysis) is 1. The molecule has 0 aliphatic rings. The Morgan fingerprint density at radius 2 is 2.44 bits per heavy atom. The van der Waals surface area contributed by atoms with Crippen molar-refractivity contribution in [3.05, 3.63) is 12.7 Å². The van der Waals surface area contributed by atoms with Crippen molar-refractivity contribution >= 4 is 6.09 Å². The van der Waals surface area contributed by atoms with Crippen LogP contribution in [0.1, 0.15) is 0 Å². The van der Waals surface area contributed by atoms with E-state index in [1.807, 2.05) is 5.32 Å². The number of amides is 1. The molecule has 0 aliphatic heterocycles. The Kier molecular flexibility index (Phi) is 4.53. The number of carbonyl (C=O) groups is 1. The number of carbonyl (C=O) groups excluding carboxylic acids is 1. The molecule has 1 amide bonds. The van der Waals surface area contributed by atoms with E-state index < -0.39 is 12.8 Å². The predicted octanol–water partition coefficient (Wildman–Crippen LogP) is 0.287. The Morgan fingerprint density at radius 1 is 1.78 bits per heavy atom. The van der Waals surface area contributed by atoms with Gasteiger partial charge in [0, 0.05) is 0 Å². The van der Waals surface area contributed by atoms with Gasteiger partial charge in [0.1, 0.15) is 6.61 Å². The van der Waals surface area contributed by atoms with Crippen LogP contribution in [0, 0.1) is 0 Å². The molecular weight excluding hydrogens is 122 g/mol. The summed E-state index contributed by atoms with van der Waals surface area (Å²) in [6, 6.07) is 0. The van der Waals surface area contributed by atoms with E-state index >= 15 is 0 Å². The van der Waals surface area contributed by atoms with Gasteiger partial charge in [-0.15, -0.1) is 0 Å². The summed E-state index contributed by atoms with van der Waals surface area (Å²) in [4.78, 5) is 10.2. The van der Waals surface area contributed by atoms with Gasteiger partial charge in [0.15, 0.2) is 6.73 Å². The third kappa shape index (κ3) is 4.83. The average Bonchev–Trinajstić information content (AvgIpc) is 1.85. The molecule has 51 valence electrons. The third-order valence-electron chi connectivity index (χ3n) is 0.549.